The van der Waals surface area contributed by atoms with E-state index < -0.39 is 0 Å². The molecule has 0 spiro atoms. The molecular weight excluding hydrogens is 216 g/mol. The summed E-state index contributed by atoms with van der Waals surface area (Å²) >= 11 is 0. The van der Waals surface area contributed by atoms with Crippen LogP contribution in [0.5, 0.6) is 0 Å². The first kappa shape index (κ1) is 12.0. The Morgan fingerprint density at radius 3 is 2.71 bits per heavy atom. The molecule has 0 aromatic carbocycles. The molecule has 1 fully saturated rings. The van der Waals surface area contributed by atoms with Crippen LogP contribution in [-0.4, -0.2) is 29.0 Å². The average Bonchev–Trinajstić information content (AvgIpc) is 2.80. The van der Waals surface area contributed by atoms with Crippen LogP contribution < -0.4 is 10.6 Å². The Kier molecular flexibility index (Phi) is 3.38. The molecule has 2 heterocycles. The van der Waals surface area contributed by atoms with Crippen LogP contribution in [0.3, 0.4) is 0 Å². The SMILES string of the molecule is CC(C)C1(C(=O)Nc2ncccn2)CCNC1. The molecule has 1 aromatic heterocycles. The fourth-order valence-corrected chi connectivity index (χ4v) is 2.25. The number of carbonyl (C=O) groups is 1. The highest BCUT2D eigenvalue weighted by atomic mass is 16.2. The maximum Gasteiger partial charge on any atom is 0.234 e. The predicted octanol–water partition coefficient (Wildman–Crippen LogP) is 1.05. The lowest BCUT2D eigenvalue weighted by molar-refractivity contribution is -0.126. The van der Waals surface area contributed by atoms with Crippen molar-refractivity contribution < 1.29 is 4.79 Å². The molecule has 0 saturated carbocycles. The molecule has 1 aromatic rings. The lowest BCUT2D eigenvalue weighted by Crippen LogP contribution is -2.42. The number of amides is 1. The third kappa shape index (κ3) is 2.29. The predicted molar refractivity (Wildman–Crippen MR) is 65.4 cm³/mol. The van der Waals surface area contributed by atoms with Gasteiger partial charge in [-0.1, -0.05) is 13.8 Å². The summed E-state index contributed by atoms with van der Waals surface area (Å²) in [4.78, 5) is 20.4. The largest absolute Gasteiger partial charge is 0.316 e. The van der Waals surface area contributed by atoms with Gasteiger partial charge in [0.1, 0.15) is 0 Å². The minimum atomic E-state index is -0.334. The van der Waals surface area contributed by atoms with E-state index in [0.717, 1.165) is 19.5 Å². The van der Waals surface area contributed by atoms with Crippen LogP contribution in [0, 0.1) is 11.3 Å². The van der Waals surface area contributed by atoms with Gasteiger partial charge >= 0.3 is 0 Å². The standard InChI is InChI=1S/C12H18N4O/c1-9(2)12(4-7-13-8-12)10(17)16-11-14-5-3-6-15-11/h3,5-6,9,13H,4,7-8H2,1-2H3,(H,14,15,16,17). The summed E-state index contributed by atoms with van der Waals surface area (Å²) in [5.41, 5.74) is -0.334. The first-order valence-electron chi connectivity index (χ1n) is 5.94. The van der Waals surface area contributed by atoms with Crippen LogP contribution in [0.25, 0.3) is 0 Å². The zero-order chi connectivity index (χ0) is 12.3. The van der Waals surface area contributed by atoms with E-state index in [4.69, 9.17) is 0 Å². The van der Waals surface area contributed by atoms with Crippen LogP contribution >= 0.6 is 0 Å². The molecule has 0 radical (unpaired) electrons. The van der Waals surface area contributed by atoms with E-state index in [0.29, 0.717) is 11.9 Å². The molecule has 1 aliphatic rings. The molecule has 92 valence electrons. The number of rotatable bonds is 3. The molecule has 2 rings (SSSR count). The molecule has 0 bridgehead atoms. The van der Waals surface area contributed by atoms with Crippen LogP contribution in [0.4, 0.5) is 5.95 Å². The van der Waals surface area contributed by atoms with Crippen molar-refractivity contribution in [2.75, 3.05) is 18.4 Å². The number of anilines is 1. The summed E-state index contributed by atoms with van der Waals surface area (Å²) in [5.74, 6) is 0.689. The van der Waals surface area contributed by atoms with Gasteiger partial charge in [-0.05, 0) is 24.9 Å². The highest BCUT2D eigenvalue weighted by Gasteiger charge is 2.44. The van der Waals surface area contributed by atoms with Crippen molar-refractivity contribution in [1.29, 1.82) is 0 Å². The molecule has 17 heavy (non-hydrogen) atoms. The normalized spacial score (nSPS) is 23.9. The highest BCUT2D eigenvalue weighted by molar-refractivity contribution is 5.94. The van der Waals surface area contributed by atoms with Gasteiger partial charge < -0.3 is 5.32 Å². The fraction of sp³-hybridized carbons (Fsp3) is 0.583. The minimum absolute atomic E-state index is 0.0173. The van der Waals surface area contributed by atoms with Crippen molar-refractivity contribution in [3.05, 3.63) is 18.5 Å². The van der Waals surface area contributed by atoms with Crippen LogP contribution in [0.15, 0.2) is 18.5 Å². The Balaban J connectivity index is 2.13. The summed E-state index contributed by atoms with van der Waals surface area (Å²) in [5, 5.41) is 6.06. The van der Waals surface area contributed by atoms with E-state index in [-0.39, 0.29) is 11.3 Å². The average molecular weight is 234 g/mol. The van der Waals surface area contributed by atoms with E-state index in [9.17, 15) is 4.79 Å². The number of nitrogens with one attached hydrogen (secondary N) is 2. The first-order valence-corrected chi connectivity index (χ1v) is 5.94. The van der Waals surface area contributed by atoms with Gasteiger partial charge in [-0.2, -0.15) is 0 Å². The molecule has 1 saturated heterocycles. The summed E-state index contributed by atoms with van der Waals surface area (Å²) < 4.78 is 0. The Morgan fingerprint density at radius 1 is 1.47 bits per heavy atom. The van der Waals surface area contributed by atoms with Crippen molar-refractivity contribution >= 4 is 11.9 Å². The zero-order valence-corrected chi connectivity index (χ0v) is 10.2. The third-order valence-corrected chi connectivity index (χ3v) is 3.54. The molecule has 1 atom stereocenters. The molecule has 5 nitrogen and oxygen atoms in total. The number of carbonyl (C=O) groups excluding carboxylic acids is 1. The van der Waals surface area contributed by atoms with E-state index in [2.05, 4.69) is 34.4 Å². The number of nitrogens with zero attached hydrogens (tertiary/aromatic N) is 2. The zero-order valence-electron chi connectivity index (χ0n) is 10.2. The number of aromatic nitrogens is 2. The summed E-state index contributed by atoms with van der Waals surface area (Å²) in [6, 6.07) is 1.73. The lowest BCUT2D eigenvalue weighted by Gasteiger charge is -2.30. The highest BCUT2D eigenvalue weighted by Crippen LogP contribution is 2.35. The minimum Gasteiger partial charge on any atom is -0.316 e. The van der Waals surface area contributed by atoms with Gasteiger partial charge in [0.25, 0.3) is 0 Å². The van der Waals surface area contributed by atoms with Crippen LogP contribution in [0.2, 0.25) is 0 Å². The maximum atomic E-state index is 12.3. The molecule has 1 unspecified atom stereocenters. The van der Waals surface area contributed by atoms with Gasteiger partial charge in [0, 0.05) is 18.9 Å². The lowest BCUT2D eigenvalue weighted by atomic mass is 9.75. The Bertz CT molecular complexity index is 385. The van der Waals surface area contributed by atoms with Gasteiger partial charge in [0.05, 0.1) is 5.41 Å². The molecule has 2 N–H and O–H groups in total. The molecule has 0 aliphatic carbocycles. The van der Waals surface area contributed by atoms with Gasteiger partial charge in [-0.3, -0.25) is 10.1 Å². The second-order valence-electron chi connectivity index (χ2n) is 4.76. The second-order valence-corrected chi connectivity index (χ2v) is 4.76. The summed E-state index contributed by atoms with van der Waals surface area (Å²) in [6.45, 7) is 5.78. The van der Waals surface area contributed by atoms with E-state index in [1.54, 1.807) is 18.5 Å². The van der Waals surface area contributed by atoms with Crippen molar-refractivity contribution in [3.63, 3.8) is 0 Å². The molecular formula is C12H18N4O. The quantitative estimate of drug-likeness (QED) is 0.820. The third-order valence-electron chi connectivity index (χ3n) is 3.54. The Morgan fingerprint density at radius 2 is 2.18 bits per heavy atom. The van der Waals surface area contributed by atoms with Gasteiger partial charge in [-0.25, -0.2) is 9.97 Å². The fourth-order valence-electron chi connectivity index (χ4n) is 2.25. The topological polar surface area (TPSA) is 66.9 Å². The smallest absolute Gasteiger partial charge is 0.234 e. The van der Waals surface area contributed by atoms with Crippen molar-refractivity contribution in [3.8, 4) is 0 Å². The van der Waals surface area contributed by atoms with E-state index >= 15 is 0 Å². The van der Waals surface area contributed by atoms with Crippen molar-refractivity contribution in [2.24, 2.45) is 11.3 Å². The van der Waals surface area contributed by atoms with Crippen LogP contribution in [-0.2, 0) is 4.79 Å². The van der Waals surface area contributed by atoms with E-state index in [1.807, 2.05) is 0 Å². The number of hydrogen-bond donors (Lipinski definition) is 2. The van der Waals surface area contributed by atoms with Crippen LogP contribution in [0.1, 0.15) is 20.3 Å². The molecule has 1 aliphatic heterocycles. The molecule has 1 amide bonds. The summed E-state index contributed by atoms with van der Waals surface area (Å²) in [7, 11) is 0. The molecule has 5 heteroatoms. The summed E-state index contributed by atoms with van der Waals surface area (Å²) in [6.07, 6.45) is 4.11. The first-order chi connectivity index (χ1) is 8.15. The van der Waals surface area contributed by atoms with Gasteiger partial charge in [0.2, 0.25) is 11.9 Å². The van der Waals surface area contributed by atoms with Gasteiger partial charge in [-0.15, -0.1) is 0 Å². The van der Waals surface area contributed by atoms with Crippen molar-refractivity contribution in [2.45, 2.75) is 20.3 Å². The Labute approximate surface area is 101 Å². The van der Waals surface area contributed by atoms with Crippen molar-refractivity contribution in [1.82, 2.24) is 15.3 Å². The second kappa shape index (κ2) is 4.79. The van der Waals surface area contributed by atoms with E-state index in [1.165, 1.54) is 0 Å². The van der Waals surface area contributed by atoms with Gasteiger partial charge in [0.15, 0.2) is 0 Å². The maximum absolute atomic E-state index is 12.3. The Hall–Kier alpha value is -1.49. The monoisotopic (exact) mass is 234 g/mol. The number of hydrogen-bond acceptors (Lipinski definition) is 4.